The molecule has 0 saturated carbocycles. The topological polar surface area (TPSA) is 28.6 Å². The molecule has 2 aromatic rings. The van der Waals surface area contributed by atoms with Gasteiger partial charge in [-0.3, -0.25) is 14.8 Å². The first kappa shape index (κ1) is 16.0. The third-order valence-electron chi connectivity index (χ3n) is 4.24. The lowest BCUT2D eigenvalue weighted by Crippen LogP contribution is -2.47. The Hall–Kier alpha value is -1.91. The fraction of sp³-hybridized carbons (Fsp3) is 0.421. The highest BCUT2D eigenvalue weighted by atomic mass is 16.5. The van der Waals surface area contributed by atoms with Crippen LogP contribution in [0.1, 0.15) is 11.3 Å². The van der Waals surface area contributed by atoms with Crippen LogP contribution >= 0.6 is 0 Å². The molecule has 23 heavy (non-hydrogen) atoms. The van der Waals surface area contributed by atoms with Crippen molar-refractivity contribution in [3.05, 3.63) is 59.9 Å². The van der Waals surface area contributed by atoms with Crippen molar-refractivity contribution in [1.82, 2.24) is 14.8 Å². The van der Waals surface area contributed by atoms with Gasteiger partial charge in [0, 0.05) is 45.5 Å². The van der Waals surface area contributed by atoms with Crippen LogP contribution in [0.15, 0.2) is 48.7 Å². The number of piperazine rings is 1. The van der Waals surface area contributed by atoms with E-state index in [-0.39, 0.29) is 0 Å². The molecule has 1 aliphatic rings. The molecule has 0 atom stereocenters. The van der Waals surface area contributed by atoms with E-state index >= 15 is 0 Å². The van der Waals surface area contributed by atoms with Gasteiger partial charge in [-0.2, -0.15) is 0 Å². The van der Waals surface area contributed by atoms with Crippen molar-refractivity contribution < 1.29 is 4.74 Å². The van der Waals surface area contributed by atoms with Gasteiger partial charge in [0.2, 0.25) is 0 Å². The normalized spacial score (nSPS) is 16.4. The van der Waals surface area contributed by atoms with Gasteiger partial charge in [-0.25, -0.2) is 0 Å². The zero-order valence-electron chi connectivity index (χ0n) is 13.8. The highest BCUT2D eigenvalue weighted by Gasteiger charge is 2.16. The van der Waals surface area contributed by atoms with Gasteiger partial charge in [0.05, 0.1) is 5.69 Å². The van der Waals surface area contributed by atoms with Crippen molar-refractivity contribution >= 4 is 0 Å². The quantitative estimate of drug-likeness (QED) is 0.820. The summed E-state index contributed by atoms with van der Waals surface area (Å²) >= 11 is 0. The van der Waals surface area contributed by atoms with Crippen LogP contribution in [0.3, 0.4) is 0 Å². The largest absolute Gasteiger partial charge is 0.492 e. The number of rotatable bonds is 6. The Labute approximate surface area is 138 Å². The van der Waals surface area contributed by atoms with Gasteiger partial charge in [-0.15, -0.1) is 0 Å². The standard InChI is InChI=1S/C19H25N3O/c1-17-5-4-7-19(15-17)23-14-13-21-9-11-22(12-10-21)16-18-6-2-3-8-20-18/h2-8,15H,9-14,16H2,1H3. The second-order valence-corrected chi connectivity index (χ2v) is 6.10. The van der Waals surface area contributed by atoms with Gasteiger partial charge in [0.1, 0.15) is 12.4 Å². The molecular formula is C19H25N3O. The molecule has 2 heterocycles. The Bertz CT molecular complexity index is 595. The molecule has 1 aliphatic heterocycles. The number of nitrogens with zero attached hydrogens (tertiary/aromatic N) is 3. The third kappa shape index (κ3) is 5.05. The average Bonchev–Trinajstić information content (AvgIpc) is 2.58. The molecule has 1 aromatic carbocycles. The first-order chi connectivity index (χ1) is 11.3. The molecule has 0 bridgehead atoms. The summed E-state index contributed by atoms with van der Waals surface area (Å²) in [5.74, 6) is 0.971. The van der Waals surface area contributed by atoms with Gasteiger partial charge in [-0.05, 0) is 36.8 Å². The molecule has 0 aliphatic carbocycles. The molecule has 0 N–H and O–H groups in total. The molecule has 1 aromatic heterocycles. The summed E-state index contributed by atoms with van der Waals surface area (Å²) in [6.07, 6.45) is 1.87. The van der Waals surface area contributed by atoms with Crippen molar-refractivity contribution in [1.29, 1.82) is 0 Å². The van der Waals surface area contributed by atoms with Crippen LogP contribution in [0.2, 0.25) is 0 Å². The second kappa shape index (κ2) is 8.09. The fourth-order valence-corrected chi connectivity index (χ4v) is 2.89. The molecule has 0 amide bonds. The zero-order chi connectivity index (χ0) is 15.9. The molecule has 4 nitrogen and oxygen atoms in total. The highest BCUT2D eigenvalue weighted by Crippen LogP contribution is 2.12. The van der Waals surface area contributed by atoms with Crippen molar-refractivity contribution in [2.45, 2.75) is 13.5 Å². The van der Waals surface area contributed by atoms with Crippen LogP contribution in [-0.4, -0.2) is 54.1 Å². The minimum atomic E-state index is 0.754. The summed E-state index contributed by atoms with van der Waals surface area (Å²) < 4.78 is 5.85. The predicted molar refractivity (Wildman–Crippen MR) is 92.6 cm³/mol. The molecule has 0 spiro atoms. The van der Waals surface area contributed by atoms with E-state index in [1.54, 1.807) is 0 Å². The fourth-order valence-electron chi connectivity index (χ4n) is 2.89. The van der Waals surface area contributed by atoms with Crippen molar-refractivity contribution in [3.8, 4) is 5.75 Å². The van der Waals surface area contributed by atoms with Crippen LogP contribution in [0.5, 0.6) is 5.75 Å². The molecule has 0 unspecified atom stereocenters. The number of hydrogen-bond donors (Lipinski definition) is 0. The SMILES string of the molecule is Cc1cccc(OCCN2CCN(Cc3ccccn3)CC2)c1. The van der Waals surface area contributed by atoms with E-state index < -0.39 is 0 Å². The first-order valence-electron chi connectivity index (χ1n) is 8.34. The number of pyridine rings is 1. The van der Waals surface area contributed by atoms with Crippen LogP contribution < -0.4 is 4.74 Å². The third-order valence-corrected chi connectivity index (χ3v) is 4.24. The van der Waals surface area contributed by atoms with Crippen LogP contribution in [0.25, 0.3) is 0 Å². The smallest absolute Gasteiger partial charge is 0.119 e. The Balaban J connectivity index is 1.36. The van der Waals surface area contributed by atoms with Gasteiger partial charge in [0.15, 0.2) is 0 Å². The summed E-state index contributed by atoms with van der Waals surface area (Å²) in [7, 11) is 0. The molecule has 1 fully saturated rings. The minimum absolute atomic E-state index is 0.754. The van der Waals surface area contributed by atoms with Gasteiger partial charge >= 0.3 is 0 Å². The number of aromatic nitrogens is 1. The Kier molecular flexibility index (Phi) is 5.61. The van der Waals surface area contributed by atoms with E-state index in [2.05, 4.69) is 46.0 Å². The summed E-state index contributed by atoms with van der Waals surface area (Å²) in [6.45, 7) is 9.19. The van der Waals surface area contributed by atoms with Gasteiger partial charge in [-0.1, -0.05) is 18.2 Å². The maximum atomic E-state index is 5.85. The summed E-state index contributed by atoms with van der Waals surface area (Å²) in [4.78, 5) is 9.36. The molecule has 0 radical (unpaired) electrons. The van der Waals surface area contributed by atoms with E-state index in [9.17, 15) is 0 Å². The van der Waals surface area contributed by atoms with Crippen LogP contribution in [0.4, 0.5) is 0 Å². The lowest BCUT2D eigenvalue weighted by atomic mass is 10.2. The van der Waals surface area contributed by atoms with Gasteiger partial charge < -0.3 is 4.74 Å². The van der Waals surface area contributed by atoms with E-state index in [0.717, 1.165) is 57.3 Å². The van der Waals surface area contributed by atoms with Crippen molar-refractivity contribution in [2.75, 3.05) is 39.3 Å². The maximum Gasteiger partial charge on any atom is 0.119 e. The Morgan fingerprint density at radius 2 is 1.83 bits per heavy atom. The number of benzene rings is 1. The monoisotopic (exact) mass is 311 g/mol. The van der Waals surface area contributed by atoms with Crippen LogP contribution in [0, 0.1) is 6.92 Å². The molecule has 3 rings (SSSR count). The number of aryl methyl sites for hydroxylation is 1. The molecule has 4 heteroatoms. The molecule has 122 valence electrons. The summed E-state index contributed by atoms with van der Waals surface area (Å²) in [5.41, 5.74) is 2.40. The Morgan fingerprint density at radius 1 is 1.00 bits per heavy atom. The highest BCUT2D eigenvalue weighted by molar-refractivity contribution is 5.27. The van der Waals surface area contributed by atoms with E-state index in [4.69, 9.17) is 4.74 Å². The summed E-state index contributed by atoms with van der Waals surface area (Å²) in [6, 6.07) is 14.4. The lowest BCUT2D eigenvalue weighted by molar-refractivity contribution is 0.111. The second-order valence-electron chi connectivity index (χ2n) is 6.10. The Morgan fingerprint density at radius 3 is 2.57 bits per heavy atom. The van der Waals surface area contributed by atoms with E-state index in [1.165, 1.54) is 5.56 Å². The van der Waals surface area contributed by atoms with Crippen LogP contribution in [-0.2, 0) is 6.54 Å². The van der Waals surface area contributed by atoms with E-state index in [1.807, 2.05) is 24.4 Å². The molecule has 1 saturated heterocycles. The summed E-state index contributed by atoms with van der Waals surface area (Å²) in [5, 5.41) is 0. The van der Waals surface area contributed by atoms with E-state index in [0.29, 0.717) is 0 Å². The maximum absolute atomic E-state index is 5.85. The average molecular weight is 311 g/mol. The first-order valence-corrected chi connectivity index (χ1v) is 8.34. The lowest BCUT2D eigenvalue weighted by Gasteiger charge is -2.34. The van der Waals surface area contributed by atoms with Crippen molar-refractivity contribution in [3.63, 3.8) is 0 Å². The van der Waals surface area contributed by atoms with Crippen molar-refractivity contribution in [2.24, 2.45) is 0 Å². The minimum Gasteiger partial charge on any atom is -0.492 e. The zero-order valence-corrected chi connectivity index (χ0v) is 13.8. The van der Waals surface area contributed by atoms with Gasteiger partial charge in [0.25, 0.3) is 0 Å². The molecular weight excluding hydrogens is 286 g/mol. The predicted octanol–water partition coefficient (Wildman–Crippen LogP) is 2.59. The number of ether oxygens (including phenoxy) is 1. The number of hydrogen-bond acceptors (Lipinski definition) is 4.